The Labute approximate surface area is 176 Å². The van der Waals surface area contributed by atoms with Gasteiger partial charge in [0, 0.05) is 31.1 Å². The maximum absolute atomic E-state index is 12.6. The van der Waals surface area contributed by atoms with Crippen LogP contribution in [0, 0.1) is 12.8 Å². The molecular formula is C24H30N2O4. The highest BCUT2D eigenvalue weighted by Crippen LogP contribution is 2.70. The van der Waals surface area contributed by atoms with Crippen LogP contribution in [0.3, 0.4) is 0 Å². The number of piperidine rings is 1. The lowest BCUT2D eigenvalue weighted by atomic mass is 9.57. The lowest BCUT2D eigenvalue weighted by Gasteiger charge is -2.53. The molecule has 2 N–H and O–H groups in total. The fourth-order valence-corrected chi connectivity index (χ4v) is 7.80. The minimum absolute atomic E-state index is 0.0270. The summed E-state index contributed by atoms with van der Waals surface area (Å²) in [5.74, 6) is 1.72. The molecule has 1 spiro atoms. The van der Waals surface area contributed by atoms with Crippen LogP contribution in [0.5, 0.6) is 11.5 Å². The minimum Gasteiger partial charge on any atom is -0.504 e. The maximum Gasteiger partial charge on any atom is 0.223 e. The van der Waals surface area contributed by atoms with Crippen LogP contribution in [0.15, 0.2) is 12.1 Å². The molecule has 5 fully saturated rings. The molecule has 2 unspecified atom stereocenters. The van der Waals surface area contributed by atoms with Gasteiger partial charge in [0.2, 0.25) is 5.91 Å². The number of benzene rings is 1. The van der Waals surface area contributed by atoms with Crippen molar-refractivity contribution in [3.8, 4) is 11.5 Å². The number of aryl methyl sites for hydroxylation is 1. The van der Waals surface area contributed by atoms with E-state index in [4.69, 9.17) is 4.74 Å². The first-order valence-corrected chi connectivity index (χ1v) is 11.7. The maximum atomic E-state index is 12.6. The number of likely N-dealkylation sites (tertiary alicyclic amines) is 2. The second-order valence-electron chi connectivity index (χ2n) is 10.7. The number of ether oxygens (including phenoxy) is 1. The molecule has 6 nitrogen and oxygen atoms in total. The van der Waals surface area contributed by atoms with Gasteiger partial charge in [-0.25, -0.2) is 0 Å². The van der Waals surface area contributed by atoms with Gasteiger partial charge in [-0.3, -0.25) is 9.69 Å². The second-order valence-corrected chi connectivity index (χ2v) is 10.7. The van der Waals surface area contributed by atoms with Crippen molar-refractivity contribution >= 4 is 5.91 Å². The minimum atomic E-state index is -0.861. The second kappa shape index (κ2) is 5.52. The predicted molar refractivity (Wildman–Crippen MR) is 109 cm³/mol. The highest BCUT2D eigenvalue weighted by Gasteiger charge is 2.81. The number of hydrogen-bond donors (Lipinski definition) is 2. The zero-order chi connectivity index (χ0) is 20.4. The standard InChI is InChI=1S/C24H30N2O4/c1-13-4-7-17(27)20-19(13)23-11-16-21(26(16)12-14-5-6-14)24(23,29)9-8-15(22(23)30-20)25-10-2-3-18(25)28/h4,7,14-16,21-22,27,29H,2-3,5-6,8-12H2,1H3/t15-,16?,21-,22+,23+,24-,26?/m1/s1. The highest BCUT2D eigenvalue weighted by molar-refractivity contribution is 5.79. The first-order valence-electron chi connectivity index (χ1n) is 11.7. The van der Waals surface area contributed by atoms with Crippen LogP contribution < -0.4 is 4.74 Å². The molecule has 1 amide bonds. The van der Waals surface area contributed by atoms with Gasteiger partial charge in [-0.2, -0.15) is 0 Å². The Hall–Kier alpha value is -1.79. The van der Waals surface area contributed by atoms with Crippen molar-refractivity contribution in [3.63, 3.8) is 0 Å². The molecule has 1 aromatic rings. The third-order valence-electron chi connectivity index (χ3n) is 9.22. The topological polar surface area (TPSA) is 73.0 Å². The fraction of sp³-hybridized carbons (Fsp3) is 0.708. The van der Waals surface area contributed by atoms with Gasteiger partial charge in [0.25, 0.3) is 0 Å². The van der Waals surface area contributed by atoms with Crippen LogP contribution in [0.4, 0.5) is 0 Å². The zero-order valence-electron chi connectivity index (χ0n) is 17.5. The normalized spacial score (nSPS) is 45.6. The Morgan fingerprint density at radius 2 is 2.07 bits per heavy atom. The van der Waals surface area contributed by atoms with Crippen molar-refractivity contribution in [2.24, 2.45) is 5.92 Å². The van der Waals surface area contributed by atoms with Crippen molar-refractivity contribution in [1.82, 2.24) is 9.80 Å². The number of amides is 1. The number of hydrogen-bond acceptors (Lipinski definition) is 5. The molecule has 30 heavy (non-hydrogen) atoms. The monoisotopic (exact) mass is 410 g/mol. The molecular weight excluding hydrogens is 380 g/mol. The third kappa shape index (κ3) is 1.96. The van der Waals surface area contributed by atoms with Crippen LogP contribution in [-0.4, -0.2) is 68.8 Å². The molecule has 0 bridgehead atoms. The van der Waals surface area contributed by atoms with E-state index in [1.165, 1.54) is 12.8 Å². The number of phenols is 1. The Kier molecular flexibility index (Phi) is 3.28. The average Bonchev–Trinajstić information content (AvgIpc) is 3.54. The lowest BCUT2D eigenvalue weighted by Crippen LogP contribution is -2.68. The quantitative estimate of drug-likeness (QED) is 0.747. The van der Waals surface area contributed by atoms with Gasteiger partial charge < -0.3 is 19.8 Å². The van der Waals surface area contributed by atoms with E-state index >= 15 is 0 Å². The molecule has 0 aromatic heterocycles. The Balaban J connectivity index is 1.36. The first-order chi connectivity index (χ1) is 14.5. The number of nitrogens with zero attached hydrogens (tertiary/aromatic N) is 2. The molecule has 160 valence electrons. The lowest BCUT2D eigenvalue weighted by molar-refractivity contribution is -0.148. The number of aliphatic hydroxyl groups is 1. The summed E-state index contributed by atoms with van der Waals surface area (Å²) in [6, 6.07) is 4.20. The van der Waals surface area contributed by atoms with Crippen molar-refractivity contribution in [3.05, 3.63) is 23.3 Å². The Bertz CT molecular complexity index is 961. The van der Waals surface area contributed by atoms with Gasteiger partial charge in [0.05, 0.1) is 23.1 Å². The molecule has 3 heterocycles. The summed E-state index contributed by atoms with van der Waals surface area (Å²) >= 11 is 0. The van der Waals surface area contributed by atoms with Crippen LogP contribution in [0.2, 0.25) is 0 Å². The fourth-order valence-electron chi connectivity index (χ4n) is 7.80. The predicted octanol–water partition coefficient (Wildman–Crippen LogP) is 2.08. The summed E-state index contributed by atoms with van der Waals surface area (Å²) in [4.78, 5) is 17.2. The van der Waals surface area contributed by atoms with Crippen LogP contribution in [0.1, 0.15) is 56.1 Å². The number of aromatic hydroxyl groups is 1. The Morgan fingerprint density at radius 1 is 1.23 bits per heavy atom. The van der Waals surface area contributed by atoms with E-state index in [-0.39, 0.29) is 29.8 Å². The summed E-state index contributed by atoms with van der Waals surface area (Å²) in [6.45, 7) is 3.95. The van der Waals surface area contributed by atoms with Crippen LogP contribution in [0.25, 0.3) is 0 Å². The summed E-state index contributed by atoms with van der Waals surface area (Å²) in [5.41, 5.74) is 0.684. The van der Waals surface area contributed by atoms with Crippen molar-refractivity contribution in [1.29, 1.82) is 0 Å². The van der Waals surface area contributed by atoms with E-state index in [1.54, 1.807) is 6.07 Å². The van der Waals surface area contributed by atoms with Gasteiger partial charge in [-0.15, -0.1) is 0 Å². The van der Waals surface area contributed by atoms with Crippen LogP contribution in [-0.2, 0) is 10.2 Å². The first kappa shape index (κ1) is 17.8. The van der Waals surface area contributed by atoms with E-state index < -0.39 is 11.0 Å². The third-order valence-corrected chi connectivity index (χ3v) is 9.22. The molecule has 2 saturated heterocycles. The molecule has 7 atom stereocenters. The summed E-state index contributed by atoms with van der Waals surface area (Å²) < 4.78 is 6.54. The number of phenolic OH excluding ortho intramolecular Hbond substituents is 1. The van der Waals surface area contributed by atoms with Gasteiger partial charge in [-0.05, 0) is 63.0 Å². The summed E-state index contributed by atoms with van der Waals surface area (Å²) in [5, 5.41) is 23.0. The average molecular weight is 411 g/mol. The van der Waals surface area contributed by atoms with E-state index in [0.717, 1.165) is 49.4 Å². The number of rotatable bonds is 3. The molecule has 1 aromatic carbocycles. The zero-order valence-corrected chi connectivity index (χ0v) is 17.5. The van der Waals surface area contributed by atoms with E-state index in [0.29, 0.717) is 24.6 Å². The summed E-state index contributed by atoms with van der Waals surface area (Å²) in [7, 11) is 0. The molecule has 3 aliphatic carbocycles. The molecule has 6 aliphatic rings. The molecule has 7 rings (SSSR count). The SMILES string of the molecule is Cc1ccc(O)c2c1[C@]13CC4[C@@H](N4CC4CC4)[C@]1(O)CC[C@@H](N1CCCC1=O)[C@@H]3O2. The molecule has 3 saturated carbocycles. The summed E-state index contributed by atoms with van der Waals surface area (Å²) in [6.07, 6.45) is 6.19. The van der Waals surface area contributed by atoms with E-state index in [1.807, 2.05) is 11.0 Å². The van der Waals surface area contributed by atoms with E-state index in [2.05, 4.69) is 11.8 Å². The van der Waals surface area contributed by atoms with Crippen molar-refractivity contribution < 1.29 is 19.7 Å². The van der Waals surface area contributed by atoms with E-state index in [9.17, 15) is 15.0 Å². The van der Waals surface area contributed by atoms with Gasteiger partial charge in [0.15, 0.2) is 11.5 Å². The number of carbonyl (C=O) groups excluding carboxylic acids is 1. The van der Waals surface area contributed by atoms with Gasteiger partial charge in [-0.1, -0.05) is 6.07 Å². The van der Waals surface area contributed by atoms with Gasteiger partial charge >= 0.3 is 0 Å². The smallest absolute Gasteiger partial charge is 0.223 e. The molecule has 6 heteroatoms. The van der Waals surface area contributed by atoms with Crippen molar-refractivity contribution in [2.75, 3.05) is 13.1 Å². The highest BCUT2D eigenvalue weighted by atomic mass is 16.5. The largest absolute Gasteiger partial charge is 0.504 e. The molecule has 3 aliphatic heterocycles. The van der Waals surface area contributed by atoms with Gasteiger partial charge in [0.1, 0.15) is 6.10 Å². The van der Waals surface area contributed by atoms with Crippen molar-refractivity contribution in [2.45, 2.75) is 87.1 Å². The van der Waals surface area contributed by atoms with Crippen LogP contribution >= 0.6 is 0 Å². The number of fused-ring (bicyclic) bond motifs is 3. The number of carbonyl (C=O) groups is 1. The Morgan fingerprint density at radius 3 is 2.80 bits per heavy atom. The molecule has 0 radical (unpaired) electrons.